The molecule has 2 heteroatoms. The molecule has 0 fully saturated rings. The van der Waals surface area contributed by atoms with Gasteiger partial charge in [0.25, 0.3) is 0 Å². The standard InChI is InChI=1S/C17H22N2/c1-13-7-9-14(10-8-13)11-17(18)15-5-4-6-16(12-15)19(2)3/h4-10,12,17H,11,18H2,1-3H3. The van der Waals surface area contributed by atoms with Gasteiger partial charge in [-0.15, -0.1) is 0 Å². The lowest BCUT2D eigenvalue weighted by atomic mass is 9.98. The van der Waals surface area contributed by atoms with Crippen LogP contribution < -0.4 is 10.6 Å². The second-order valence-corrected chi connectivity index (χ2v) is 5.29. The van der Waals surface area contributed by atoms with E-state index in [1.165, 1.54) is 22.4 Å². The van der Waals surface area contributed by atoms with Crippen molar-refractivity contribution in [3.05, 3.63) is 65.2 Å². The topological polar surface area (TPSA) is 29.3 Å². The van der Waals surface area contributed by atoms with Crippen LogP contribution in [0.1, 0.15) is 22.7 Å². The summed E-state index contributed by atoms with van der Waals surface area (Å²) in [6, 6.07) is 17.1. The Kier molecular flexibility index (Phi) is 4.23. The van der Waals surface area contributed by atoms with E-state index in [0.29, 0.717) is 0 Å². The van der Waals surface area contributed by atoms with Crippen molar-refractivity contribution in [1.82, 2.24) is 0 Å². The maximum absolute atomic E-state index is 6.32. The highest BCUT2D eigenvalue weighted by molar-refractivity contribution is 5.48. The predicted molar refractivity (Wildman–Crippen MR) is 82.6 cm³/mol. The second kappa shape index (κ2) is 5.89. The van der Waals surface area contributed by atoms with Crippen molar-refractivity contribution < 1.29 is 0 Å². The van der Waals surface area contributed by atoms with Gasteiger partial charge in [-0.05, 0) is 36.6 Å². The SMILES string of the molecule is Cc1ccc(CC(N)c2cccc(N(C)C)c2)cc1. The van der Waals surface area contributed by atoms with Gasteiger partial charge < -0.3 is 10.6 Å². The zero-order valence-electron chi connectivity index (χ0n) is 11.9. The van der Waals surface area contributed by atoms with Gasteiger partial charge in [-0.2, -0.15) is 0 Å². The number of nitrogens with zero attached hydrogens (tertiary/aromatic N) is 1. The summed E-state index contributed by atoms with van der Waals surface area (Å²) in [5.41, 5.74) is 11.3. The van der Waals surface area contributed by atoms with Crippen LogP contribution in [0.15, 0.2) is 48.5 Å². The van der Waals surface area contributed by atoms with Gasteiger partial charge in [0.2, 0.25) is 0 Å². The van der Waals surface area contributed by atoms with Crippen LogP contribution in [-0.2, 0) is 6.42 Å². The van der Waals surface area contributed by atoms with Gasteiger partial charge in [0, 0.05) is 25.8 Å². The van der Waals surface area contributed by atoms with Crippen LogP contribution in [-0.4, -0.2) is 14.1 Å². The van der Waals surface area contributed by atoms with E-state index in [1.54, 1.807) is 0 Å². The fourth-order valence-corrected chi connectivity index (χ4v) is 2.13. The van der Waals surface area contributed by atoms with E-state index < -0.39 is 0 Å². The maximum Gasteiger partial charge on any atom is 0.0364 e. The van der Waals surface area contributed by atoms with Crippen LogP contribution in [0, 0.1) is 6.92 Å². The third-order valence-corrected chi connectivity index (χ3v) is 3.39. The third kappa shape index (κ3) is 3.58. The Morgan fingerprint density at radius 1 is 1.05 bits per heavy atom. The molecule has 2 rings (SSSR count). The van der Waals surface area contributed by atoms with Crippen molar-refractivity contribution in [3.8, 4) is 0 Å². The Bertz CT molecular complexity index is 529. The zero-order chi connectivity index (χ0) is 13.8. The molecule has 2 nitrogen and oxygen atoms in total. The summed E-state index contributed by atoms with van der Waals surface area (Å²) in [7, 11) is 4.09. The number of hydrogen-bond donors (Lipinski definition) is 1. The molecule has 2 aromatic carbocycles. The first-order chi connectivity index (χ1) is 9.06. The fourth-order valence-electron chi connectivity index (χ4n) is 2.13. The molecule has 0 spiro atoms. The lowest BCUT2D eigenvalue weighted by Gasteiger charge is -2.17. The van der Waals surface area contributed by atoms with Crippen LogP contribution in [0.25, 0.3) is 0 Å². The molecule has 0 heterocycles. The summed E-state index contributed by atoms with van der Waals surface area (Å²) in [4.78, 5) is 2.10. The number of benzene rings is 2. The van der Waals surface area contributed by atoms with Crippen molar-refractivity contribution in [3.63, 3.8) is 0 Å². The minimum Gasteiger partial charge on any atom is -0.378 e. The molecule has 1 atom stereocenters. The molecule has 0 aliphatic carbocycles. The Balaban J connectivity index is 2.13. The highest BCUT2D eigenvalue weighted by atomic mass is 15.1. The first-order valence-corrected chi connectivity index (χ1v) is 6.64. The molecule has 0 aliphatic heterocycles. The summed E-state index contributed by atoms with van der Waals surface area (Å²) in [5.74, 6) is 0. The molecule has 0 saturated carbocycles. The normalized spacial score (nSPS) is 12.2. The number of rotatable bonds is 4. The molecule has 1 unspecified atom stereocenters. The van der Waals surface area contributed by atoms with E-state index in [2.05, 4.69) is 60.4 Å². The molecule has 19 heavy (non-hydrogen) atoms. The van der Waals surface area contributed by atoms with Crippen LogP contribution in [0.4, 0.5) is 5.69 Å². The number of aryl methyl sites for hydroxylation is 1. The first kappa shape index (κ1) is 13.6. The Morgan fingerprint density at radius 2 is 1.74 bits per heavy atom. The molecular formula is C17H22N2. The van der Waals surface area contributed by atoms with Gasteiger partial charge in [0.05, 0.1) is 0 Å². The lowest BCUT2D eigenvalue weighted by molar-refractivity contribution is 0.721. The van der Waals surface area contributed by atoms with E-state index in [0.717, 1.165) is 6.42 Å². The summed E-state index contributed by atoms with van der Waals surface area (Å²) in [6.07, 6.45) is 0.872. The molecule has 0 aliphatic rings. The van der Waals surface area contributed by atoms with E-state index in [9.17, 15) is 0 Å². The average Bonchev–Trinajstić information content (AvgIpc) is 2.41. The van der Waals surface area contributed by atoms with Gasteiger partial charge >= 0.3 is 0 Å². The lowest BCUT2D eigenvalue weighted by Crippen LogP contribution is -2.15. The van der Waals surface area contributed by atoms with Crippen LogP contribution in [0.3, 0.4) is 0 Å². The third-order valence-electron chi connectivity index (χ3n) is 3.39. The van der Waals surface area contributed by atoms with Crippen molar-refractivity contribution in [2.24, 2.45) is 5.73 Å². The van der Waals surface area contributed by atoms with Gasteiger partial charge in [-0.3, -0.25) is 0 Å². The summed E-state index contributed by atoms with van der Waals surface area (Å²) in [6.45, 7) is 2.10. The highest BCUT2D eigenvalue weighted by Gasteiger charge is 2.08. The predicted octanol–water partition coefficient (Wildman–Crippen LogP) is 3.30. The monoisotopic (exact) mass is 254 g/mol. The molecule has 0 aromatic heterocycles. The molecule has 0 amide bonds. The smallest absolute Gasteiger partial charge is 0.0364 e. The Hall–Kier alpha value is -1.80. The summed E-state index contributed by atoms with van der Waals surface area (Å²) >= 11 is 0. The van der Waals surface area contributed by atoms with Gasteiger partial charge in [0.15, 0.2) is 0 Å². The second-order valence-electron chi connectivity index (χ2n) is 5.29. The van der Waals surface area contributed by atoms with Crippen LogP contribution >= 0.6 is 0 Å². The van der Waals surface area contributed by atoms with Crippen LogP contribution in [0.5, 0.6) is 0 Å². The quantitative estimate of drug-likeness (QED) is 0.907. The molecule has 0 radical (unpaired) electrons. The minimum atomic E-state index is 0.0441. The van der Waals surface area contributed by atoms with E-state index in [4.69, 9.17) is 5.73 Å². The van der Waals surface area contributed by atoms with E-state index in [-0.39, 0.29) is 6.04 Å². The highest BCUT2D eigenvalue weighted by Crippen LogP contribution is 2.21. The minimum absolute atomic E-state index is 0.0441. The maximum atomic E-state index is 6.32. The summed E-state index contributed by atoms with van der Waals surface area (Å²) in [5, 5.41) is 0. The van der Waals surface area contributed by atoms with Crippen LogP contribution in [0.2, 0.25) is 0 Å². The molecule has 0 bridgehead atoms. The number of nitrogens with two attached hydrogens (primary N) is 1. The fraction of sp³-hybridized carbons (Fsp3) is 0.294. The van der Waals surface area contributed by atoms with Crippen molar-refractivity contribution in [2.75, 3.05) is 19.0 Å². The number of anilines is 1. The Morgan fingerprint density at radius 3 is 2.37 bits per heavy atom. The molecule has 2 N–H and O–H groups in total. The molecule has 2 aromatic rings. The number of hydrogen-bond acceptors (Lipinski definition) is 2. The van der Waals surface area contributed by atoms with Crippen molar-refractivity contribution >= 4 is 5.69 Å². The summed E-state index contributed by atoms with van der Waals surface area (Å²) < 4.78 is 0. The average molecular weight is 254 g/mol. The van der Waals surface area contributed by atoms with Crippen molar-refractivity contribution in [1.29, 1.82) is 0 Å². The molecule has 100 valence electrons. The molecule has 0 saturated heterocycles. The Labute approximate surface area is 115 Å². The first-order valence-electron chi connectivity index (χ1n) is 6.64. The van der Waals surface area contributed by atoms with Gasteiger partial charge in [-0.25, -0.2) is 0 Å². The van der Waals surface area contributed by atoms with E-state index in [1.807, 2.05) is 14.1 Å². The van der Waals surface area contributed by atoms with Gasteiger partial charge in [-0.1, -0.05) is 42.0 Å². The molecular weight excluding hydrogens is 232 g/mol. The van der Waals surface area contributed by atoms with Gasteiger partial charge in [0.1, 0.15) is 0 Å². The van der Waals surface area contributed by atoms with E-state index >= 15 is 0 Å². The largest absolute Gasteiger partial charge is 0.378 e. The van der Waals surface area contributed by atoms with Crippen molar-refractivity contribution in [2.45, 2.75) is 19.4 Å². The zero-order valence-corrected chi connectivity index (χ0v) is 11.9.